The molecule has 0 aliphatic heterocycles. The lowest BCUT2D eigenvalue weighted by Gasteiger charge is -2.26. The summed E-state index contributed by atoms with van der Waals surface area (Å²) in [6.45, 7) is 6.40. The summed E-state index contributed by atoms with van der Waals surface area (Å²) in [6.07, 6.45) is 1.68. The number of carbonyl (C=O) groups excluding carboxylic acids is 1. The highest BCUT2D eigenvalue weighted by atomic mass is 16.1. The molecule has 4 heteroatoms. The first kappa shape index (κ1) is 13.6. The van der Waals surface area contributed by atoms with E-state index in [-0.39, 0.29) is 11.4 Å². The van der Waals surface area contributed by atoms with Gasteiger partial charge in [0.05, 0.1) is 0 Å². The number of hydrogen-bond donors (Lipinski definition) is 2. The van der Waals surface area contributed by atoms with E-state index in [4.69, 9.17) is 5.73 Å². The Balaban J connectivity index is 2.62. The highest BCUT2D eigenvalue weighted by molar-refractivity contribution is 5.92. The van der Waals surface area contributed by atoms with Crippen molar-refractivity contribution in [2.45, 2.75) is 39.2 Å². The SMILES string of the molecule is CCC(N)(CC)CNC(=O)c1cccc(C)n1. The van der Waals surface area contributed by atoms with Crippen LogP contribution in [0.4, 0.5) is 0 Å². The first-order valence-electron chi connectivity index (χ1n) is 6.01. The van der Waals surface area contributed by atoms with Crippen LogP contribution in [0.25, 0.3) is 0 Å². The molecule has 0 atom stereocenters. The number of aromatic nitrogens is 1. The molecule has 1 amide bonds. The highest BCUT2D eigenvalue weighted by Crippen LogP contribution is 2.09. The Hall–Kier alpha value is -1.42. The Morgan fingerprint density at radius 3 is 2.59 bits per heavy atom. The lowest BCUT2D eigenvalue weighted by atomic mass is 9.94. The molecule has 0 bridgehead atoms. The van der Waals surface area contributed by atoms with Gasteiger partial charge in [-0.3, -0.25) is 4.79 Å². The van der Waals surface area contributed by atoms with Gasteiger partial charge in [0.2, 0.25) is 0 Å². The van der Waals surface area contributed by atoms with Crippen LogP contribution in [0.2, 0.25) is 0 Å². The maximum atomic E-state index is 11.8. The van der Waals surface area contributed by atoms with Gasteiger partial charge >= 0.3 is 0 Å². The van der Waals surface area contributed by atoms with Crippen LogP contribution in [0.3, 0.4) is 0 Å². The van der Waals surface area contributed by atoms with Crippen LogP contribution >= 0.6 is 0 Å². The van der Waals surface area contributed by atoms with Gasteiger partial charge in [-0.25, -0.2) is 4.98 Å². The Kier molecular flexibility index (Phi) is 4.63. The zero-order valence-corrected chi connectivity index (χ0v) is 10.8. The summed E-state index contributed by atoms with van der Waals surface area (Å²) in [5, 5.41) is 2.84. The average Bonchev–Trinajstić information content (AvgIpc) is 2.35. The molecule has 0 saturated heterocycles. The predicted molar refractivity (Wildman–Crippen MR) is 68.8 cm³/mol. The Morgan fingerprint density at radius 1 is 1.41 bits per heavy atom. The largest absolute Gasteiger partial charge is 0.349 e. The third-order valence-electron chi connectivity index (χ3n) is 3.13. The van der Waals surface area contributed by atoms with E-state index < -0.39 is 0 Å². The number of hydrogen-bond acceptors (Lipinski definition) is 3. The molecule has 0 aliphatic rings. The molecular weight excluding hydrogens is 214 g/mol. The van der Waals surface area contributed by atoms with Gasteiger partial charge in [-0.1, -0.05) is 19.9 Å². The fourth-order valence-electron chi connectivity index (χ4n) is 1.52. The molecular formula is C13H21N3O. The Labute approximate surface area is 103 Å². The van der Waals surface area contributed by atoms with Gasteiger partial charge in [-0.15, -0.1) is 0 Å². The van der Waals surface area contributed by atoms with Gasteiger partial charge in [0.25, 0.3) is 5.91 Å². The zero-order valence-electron chi connectivity index (χ0n) is 10.8. The van der Waals surface area contributed by atoms with Crippen molar-refractivity contribution in [2.24, 2.45) is 5.73 Å². The van der Waals surface area contributed by atoms with Crippen molar-refractivity contribution < 1.29 is 4.79 Å². The molecule has 0 unspecified atom stereocenters. The van der Waals surface area contributed by atoms with Gasteiger partial charge in [-0.05, 0) is 31.9 Å². The van der Waals surface area contributed by atoms with Crippen LogP contribution in [0.5, 0.6) is 0 Å². The van der Waals surface area contributed by atoms with Crippen LogP contribution < -0.4 is 11.1 Å². The van der Waals surface area contributed by atoms with E-state index in [1.807, 2.05) is 32.9 Å². The number of nitrogens with two attached hydrogens (primary N) is 1. The second-order valence-electron chi connectivity index (χ2n) is 4.42. The van der Waals surface area contributed by atoms with Crippen LogP contribution in [0.15, 0.2) is 18.2 Å². The number of nitrogens with zero attached hydrogens (tertiary/aromatic N) is 1. The quantitative estimate of drug-likeness (QED) is 0.815. The number of amides is 1. The molecule has 1 rings (SSSR count). The molecule has 1 aromatic rings. The second kappa shape index (κ2) is 5.77. The fourth-order valence-corrected chi connectivity index (χ4v) is 1.52. The first-order valence-corrected chi connectivity index (χ1v) is 6.01. The van der Waals surface area contributed by atoms with Crippen LogP contribution in [0, 0.1) is 6.92 Å². The molecule has 0 saturated carbocycles. The molecule has 0 fully saturated rings. The van der Waals surface area contributed by atoms with Crippen molar-refractivity contribution in [2.75, 3.05) is 6.54 Å². The number of pyridine rings is 1. The van der Waals surface area contributed by atoms with Gasteiger partial charge in [-0.2, -0.15) is 0 Å². The van der Waals surface area contributed by atoms with E-state index in [9.17, 15) is 4.79 Å². The lowest BCUT2D eigenvalue weighted by Crippen LogP contribution is -2.49. The van der Waals surface area contributed by atoms with E-state index in [2.05, 4.69) is 10.3 Å². The average molecular weight is 235 g/mol. The molecule has 0 aliphatic carbocycles. The minimum Gasteiger partial charge on any atom is -0.349 e. The molecule has 4 nitrogen and oxygen atoms in total. The van der Waals surface area contributed by atoms with Gasteiger partial charge < -0.3 is 11.1 Å². The Bertz CT molecular complexity index is 386. The molecule has 17 heavy (non-hydrogen) atoms. The smallest absolute Gasteiger partial charge is 0.269 e. The minimum absolute atomic E-state index is 0.162. The van der Waals surface area contributed by atoms with E-state index in [1.165, 1.54) is 0 Å². The van der Waals surface area contributed by atoms with Gasteiger partial charge in [0.15, 0.2) is 0 Å². The third kappa shape index (κ3) is 3.82. The van der Waals surface area contributed by atoms with Crippen molar-refractivity contribution in [1.82, 2.24) is 10.3 Å². The van der Waals surface area contributed by atoms with E-state index in [0.717, 1.165) is 18.5 Å². The number of aryl methyl sites for hydroxylation is 1. The van der Waals surface area contributed by atoms with E-state index >= 15 is 0 Å². The van der Waals surface area contributed by atoms with Crippen molar-refractivity contribution >= 4 is 5.91 Å². The van der Waals surface area contributed by atoms with Crippen molar-refractivity contribution in [1.29, 1.82) is 0 Å². The van der Waals surface area contributed by atoms with Gasteiger partial charge in [0.1, 0.15) is 5.69 Å². The zero-order chi connectivity index (χ0) is 12.9. The van der Waals surface area contributed by atoms with E-state index in [0.29, 0.717) is 12.2 Å². The van der Waals surface area contributed by atoms with Crippen molar-refractivity contribution in [3.63, 3.8) is 0 Å². The summed E-state index contributed by atoms with van der Waals surface area (Å²) in [5.41, 5.74) is 7.08. The predicted octanol–water partition coefficient (Wildman–Crippen LogP) is 1.64. The van der Waals surface area contributed by atoms with E-state index in [1.54, 1.807) is 6.07 Å². The van der Waals surface area contributed by atoms with Crippen molar-refractivity contribution in [3.8, 4) is 0 Å². The minimum atomic E-state index is -0.320. The number of rotatable bonds is 5. The molecule has 94 valence electrons. The monoisotopic (exact) mass is 235 g/mol. The summed E-state index contributed by atoms with van der Waals surface area (Å²) in [4.78, 5) is 16.0. The topological polar surface area (TPSA) is 68.0 Å². The molecule has 1 aromatic heterocycles. The summed E-state index contributed by atoms with van der Waals surface area (Å²) in [6, 6.07) is 5.40. The lowest BCUT2D eigenvalue weighted by molar-refractivity contribution is 0.0937. The summed E-state index contributed by atoms with van der Waals surface area (Å²) in [5.74, 6) is -0.162. The number of nitrogens with one attached hydrogen (secondary N) is 1. The first-order chi connectivity index (χ1) is 8.00. The molecule has 1 heterocycles. The fraction of sp³-hybridized carbons (Fsp3) is 0.538. The summed E-state index contributed by atoms with van der Waals surface area (Å²) >= 11 is 0. The normalized spacial score (nSPS) is 11.3. The third-order valence-corrected chi connectivity index (χ3v) is 3.13. The van der Waals surface area contributed by atoms with Crippen molar-refractivity contribution in [3.05, 3.63) is 29.6 Å². The van der Waals surface area contributed by atoms with Crippen LogP contribution in [-0.4, -0.2) is 23.0 Å². The summed E-state index contributed by atoms with van der Waals surface area (Å²) < 4.78 is 0. The maximum absolute atomic E-state index is 11.8. The second-order valence-corrected chi connectivity index (χ2v) is 4.42. The summed E-state index contributed by atoms with van der Waals surface area (Å²) in [7, 11) is 0. The molecule has 0 radical (unpaired) electrons. The maximum Gasteiger partial charge on any atom is 0.269 e. The molecule has 0 aromatic carbocycles. The number of carbonyl (C=O) groups is 1. The molecule has 3 N–H and O–H groups in total. The highest BCUT2D eigenvalue weighted by Gasteiger charge is 2.21. The Morgan fingerprint density at radius 2 is 2.06 bits per heavy atom. The molecule has 0 spiro atoms. The van der Waals surface area contributed by atoms with Crippen LogP contribution in [-0.2, 0) is 0 Å². The van der Waals surface area contributed by atoms with Gasteiger partial charge in [0, 0.05) is 17.8 Å². The standard InChI is InChI=1S/C13H21N3O/c1-4-13(14,5-2)9-15-12(17)11-8-6-7-10(3)16-11/h6-8H,4-5,9,14H2,1-3H3,(H,15,17). The van der Waals surface area contributed by atoms with Crippen LogP contribution in [0.1, 0.15) is 42.9 Å².